The van der Waals surface area contributed by atoms with Crippen LogP contribution in [-0.4, -0.2) is 51.7 Å². The first-order valence-electron chi connectivity index (χ1n) is 10.4. The van der Waals surface area contributed by atoms with Crippen molar-refractivity contribution in [2.24, 2.45) is 0 Å². The molecule has 0 atom stereocenters. The molecule has 2 fully saturated rings. The van der Waals surface area contributed by atoms with Gasteiger partial charge in [0.15, 0.2) is 5.11 Å². The van der Waals surface area contributed by atoms with Crippen molar-refractivity contribution in [1.82, 2.24) is 15.1 Å². The van der Waals surface area contributed by atoms with Crippen LogP contribution in [-0.2, 0) is 16.1 Å². The molecule has 0 bridgehead atoms. The lowest BCUT2D eigenvalue weighted by Gasteiger charge is -2.28. The molecule has 0 unspecified atom stereocenters. The van der Waals surface area contributed by atoms with Gasteiger partial charge in [-0.25, -0.2) is 0 Å². The molecule has 1 N–H and O–H groups in total. The summed E-state index contributed by atoms with van der Waals surface area (Å²) >= 11 is 5.16. The van der Waals surface area contributed by atoms with E-state index >= 15 is 0 Å². The monoisotopic (exact) mass is 461 g/mol. The van der Waals surface area contributed by atoms with E-state index in [9.17, 15) is 19.2 Å². The summed E-state index contributed by atoms with van der Waals surface area (Å²) in [5.41, 5.74) is 1.83. The molecule has 1 saturated carbocycles. The topological polar surface area (TPSA) is 96.0 Å². The Morgan fingerprint density at radius 1 is 1.03 bits per heavy atom. The second kappa shape index (κ2) is 7.93. The number of methoxy groups -OCH3 is 1. The average molecular weight is 461 g/mol. The minimum atomic E-state index is -0.556. The van der Waals surface area contributed by atoms with Gasteiger partial charge in [0.2, 0.25) is 0 Å². The van der Waals surface area contributed by atoms with Gasteiger partial charge in [-0.3, -0.25) is 34.3 Å². The van der Waals surface area contributed by atoms with E-state index in [1.54, 1.807) is 42.5 Å². The predicted molar refractivity (Wildman–Crippen MR) is 122 cm³/mol. The third kappa shape index (κ3) is 3.60. The molecular formula is C24H19N3O5S. The van der Waals surface area contributed by atoms with E-state index in [1.807, 2.05) is 0 Å². The fraction of sp³-hybridized carbons (Fsp3) is 0.208. The summed E-state index contributed by atoms with van der Waals surface area (Å²) in [5.74, 6) is -1.26. The minimum absolute atomic E-state index is 0.00897. The molecule has 0 spiro atoms. The zero-order valence-corrected chi connectivity index (χ0v) is 18.5. The number of hydrogen-bond donors (Lipinski definition) is 1. The molecule has 2 aromatic rings. The highest BCUT2D eigenvalue weighted by molar-refractivity contribution is 7.80. The van der Waals surface area contributed by atoms with Crippen molar-refractivity contribution in [3.05, 3.63) is 70.3 Å². The van der Waals surface area contributed by atoms with E-state index in [0.717, 1.165) is 17.7 Å². The Bertz CT molecular complexity index is 1250. The predicted octanol–water partition coefficient (Wildman–Crippen LogP) is 2.28. The van der Waals surface area contributed by atoms with Gasteiger partial charge in [-0.1, -0.05) is 18.2 Å². The number of hydrogen-bond acceptors (Lipinski definition) is 6. The van der Waals surface area contributed by atoms with Crippen molar-refractivity contribution in [2.45, 2.75) is 25.4 Å². The maximum absolute atomic E-state index is 12.9. The van der Waals surface area contributed by atoms with Crippen LogP contribution in [0.3, 0.4) is 0 Å². The summed E-state index contributed by atoms with van der Waals surface area (Å²) < 4.78 is 5.42. The summed E-state index contributed by atoms with van der Waals surface area (Å²) in [7, 11) is 1.49. The van der Waals surface area contributed by atoms with Crippen LogP contribution in [0.5, 0.6) is 5.75 Å². The fourth-order valence-electron chi connectivity index (χ4n) is 4.07. The lowest BCUT2D eigenvalue weighted by atomic mass is 10.0. The highest BCUT2D eigenvalue weighted by Gasteiger charge is 2.42. The van der Waals surface area contributed by atoms with E-state index in [1.165, 1.54) is 18.1 Å². The van der Waals surface area contributed by atoms with Gasteiger partial charge in [0.25, 0.3) is 23.6 Å². The molecule has 9 heteroatoms. The van der Waals surface area contributed by atoms with Crippen LogP contribution in [0.2, 0.25) is 0 Å². The SMILES string of the molecule is COc1ccc(/C=C2\C(=O)NC(=S)N(C3CC3)C2=O)cc1CN1C(=O)c2ccccc2C1=O. The molecule has 5 rings (SSSR count). The molecule has 1 aliphatic carbocycles. The first-order valence-corrected chi connectivity index (χ1v) is 10.8. The summed E-state index contributed by atoms with van der Waals surface area (Å²) in [6.45, 7) is -0.00897. The van der Waals surface area contributed by atoms with Crippen LogP contribution in [0.25, 0.3) is 6.08 Å². The highest BCUT2D eigenvalue weighted by atomic mass is 32.1. The number of nitrogens with one attached hydrogen (secondary N) is 1. The van der Waals surface area contributed by atoms with E-state index < -0.39 is 11.8 Å². The highest BCUT2D eigenvalue weighted by Crippen LogP contribution is 2.31. The number of rotatable bonds is 5. The van der Waals surface area contributed by atoms with Gasteiger partial charge in [-0.15, -0.1) is 0 Å². The summed E-state index contributed by atoms with van der Waals surface area (Å²) in [4.78, 5) is 53.5. The van der Waals surface area contributed by atoms with Gasteiger partial charge in [-0.2, -0.15) is 0 Å². The smallest absolute Gasteiger partial charge is 0.265 e. The molecule has 0 aromatic heterocycles. The zero-order valence-electron chi connectivity index (χ0n) is 17.7. The standard InChI is InChI=1S/C24H19N3O5S/c1-32-19-9-6-13(11-18-20(28)25-24(33)27(23(18)31)15-7-8-15)10-14(19)12-26-21(29)16-4-2-3-5-17(16)22(26)30/h2-6,9-11,15H,7-8,12H2,1H3,(H,25,28,33)/b18-11+. The van der Waals surface area contributed by atoms with Gasteiger partial charge in [-0.05, 0) is 61.0 Å². The first kappa shape index (κ1) is 21.0. The Labute approximate surface area is 194 Å². The molecule has 2 aliphatic heterocycles. The molecular weight excluding hydrogens is 442 g/mol. The van der Waals surface area contributed by atoms with Crippen molar-refractivity contribution in [1.29, 1.82) is 0 Å². The van der Waals surface area contributed by atoms with Crippen LogP contribution in [0.15, 0.2) is 48.0 Å². The van der Waals surface area contributed by atoms with Crippen molar-refractivity contribution < 1.29 is 23.9 Å². The van der Waals surface area contributed by atoms with Crippen molar-refractivity contribution >= 4 is 47.0 Å². The van der Waals surface area contributed by atoms with Crippen molar-refractivity contribution in [3.63, 3.8) is 0 Å². The number of thiocarbonyl (C=S) groups is 1. The first-order chi connectivity index (χ1) is 15.9. The average Bonchev–Trinajstić information content (AvgIpc) is 3.61. The molecule has 3 aliphatic rings. The Hall–Kier alpha value is -3.85. The number of nitrogens with zero attached hydrogens (tertiary/aromatic N) is 2. The normalized spacial score (nSPS) is 19.3. The molecule has 1 saturated heterocycles. The van der Waals surface area contributed by atoms with Gasteiger partial charge >= 0.3 is 0 Å². The van der Waals surface area contributed by atoms with Gasteiger partial charge < -0.3 is 4.74 Å². The van der Waals surface area contributed by atoms with Gasteiger partial charge in [0.05, 0.1) is 24.8 Å². The molecule has 8 nitrogen and oxygen atoms in total. The Balaban J connectivity index is 1.46. The molecule has 2 heterocycles. The fourth-order valence-corrected chi connectivity index (χ4v) is 4.39. The second-order valence-electron chi connectivity index (χ2n) is 8.04. The van der Waals surface area contributed by atoms with Crippen LogP contribution < -0.4 is 10.1 Å². The van der Waals surface area contributed by atoms with Crippen LogP contribution in [0, 0.1) is 0 Å². The molecule has 4 amide bonds. The number of ether oxygens (including phenoxy) is 1. The van der Waals surface area contributed by atoms with E-state index in [2.05, 4.69) is 5.32 Å². The summed E-state index contributed by atoms with van der Waals surface area (Å²) in [5, 5.41) is 2.71. The maximum atomic E-state index is 12.9. The lowest BCUT2D eigenvalue weighted by molar-refractivity contribution is -0.129. The quantitative estimate of drug-likeness (QED) is 0.318. The number of carbonyl (C=O) groups is 4. The van der Waals surface area contributed by atoms with Crippen LogP contribution >= 0.6 is 12.2 Å². The van der Waals surface area contributed by atoms with Gasteiger partial charge in [0.1, 0.15) is 11.3 Å². The van der Waals surface area contributed by atoms with Crippen LogP contribution in [0.4, 0.5) is 0 Å². The zero-order chi connectivity index (χ0) is 23.3. The minimum Gasteiger partial charge on any atom is -0.496 e. The summed E-state index contributed by atoms with van der Waals surface area (Å²) in [6, 6.07) is 11.8. The Kier molecular flexibility index (Phi) is 5.05. The third-order valence-corrected chi connectivity index (χ3v) is 6.17. The molecule has 33 heavy (non-hydrogen) atoms. The van der Waals surface area contributed by atoms with E-state index in [4.69, 9.17) is 17.0 Å². The molecule has 0 radical (unpaired) electrons. The largest absolute Gasteiger partial charge is 0.496 e. The van der Waals surface area contributed by atoms with E-state index in [0.29, 0.717) is 28.0 Å². The Morgan fingerprint density at radius 3 is 2.30 bits per heavy atom. The third-order valence-electron chi connectivity index (χ3n) is 5.87. The lowest BCUT2D eigenvalue weighted by Crippen LogP contribution is -2.54. The van der Waals surface area contributed by atoms with Crippen LogP contribution in [0.1, 0.15) is 44.7 Å². The number of imide groups is 1. The number of benzene rings is 2. The second-order valence-corrected chi connectivity index (χ2v) is 8.42. The number of carbonyl (C=O) groups excluding carboxylic acids is 4. The van der Waals surface area contributed by atoms with Gasteiger partial charge in [0, 0.05) is 11.6 Å². The van der Waals surface area contributed by atoms with E-state index in [-0.39, 0.29) is 35.1 Å². The summed E-state index contributed by atoms with van der Waals surface area (Å²) in [6.07, 6.45) is 3.18. The maximum Gasteiger partial charge on any atom is 0.265 e. The van der Waals surface area contributed by atoms with Crippen molar-refractivity contribution in [3.8, 4) is 5.75 Å². The Morgan fingerprint density at radius 2 is 1.70 bits per heavy atom. The molecule has 2 aromatic carbocycles. The molecule has 166 valence electrons. The number of amides is 4. The van der Waals surface area contributed by atoms with Crippen molar-refractivity contribution in [2.75, 3.05) is 7.11 Å². The number of fused-ring (bicyclic) bond motifs is 1.